The van der Waals surface area contributed by atoms with Gasteiger partial charge in [-0.3, -0.25) is 0 Å². The molecule has 0 aliphatic rings. The zero-order valence-electron chi connectivity index (χ0n) is 22.7. The quantitative estimate of drug-likeness (QED) is 0.163. The van der Waals surface area contributed by atoms with Crippen LogP contribution in [-0.2, 0) is 0 Å². The summed E-state index contributed by atoms with van der Waals surface area (Å²) in [5.41, 5.74) is 0. The maximum absolute atomic E-state index is 2.25. The summed E-state index contributed by atoms with van der Waals surface area (Å²) in [5.74, 6) is 0. The number of hydrogen-bond donors (Lipinski definition) is 0. The Bertz CT molecular complexity index is 1860. The first-order chi connectivity index (χ1) is 20.6. The van der Waals surface area contributed by atoms with E-state index in [2.05, 4.69) is 122 Å². The average Bonchev–Trinajstić information content (AvgIpc) is 3.84. The van der Waals surface area contributed by atoms with Crippen LogP contribution in [0, 0.1) is 13.8 Å². The Morgan fingerprint density at radius 2 is 0.548 bits per heavy atom. The molecular formula is C34H24S8. The van der Waals surface area contributed by atoms with Crippen LogP contribution >= 0.6 is 90.7 Å². The van der Waals surface area contributed by atoms with E-state index in [9.17, 15) is 0 Å². The van der Waals surface area contributed by atoms with Crippen molar-refractivity contribution < 1.29 is 0 Å². The summed E-state index contributed by atoms with van der Waals surface area (Å²) in [7, 11) is 0. The van der Waals surface area contributed by atoms with Crippen LogP contribution in [0.25, 0.3) is 58.5 Å². The fourth-order valence-electron chi connectivity index (χ4n) is 4.38. The largest absolute Gasteiger partial charge is 0.143 e. The van der Waals surface area contributed by atoms with Gasteiger partial charge in [0.05, 0.1) is 0 Å². The van der Waals surface area contributed by atoms with Gasteiger partial charge in [0.1, 0.15) is 0 Å². The van der Waals surface area contributed by atoms with Gasteiger partial charge in [0.15, 0.2) is 0 Å². The minimum Gasteiger partial charge on any atom is -0.143 e. The zero-order valence-corrected chi connectivity index (χ0v) is 29.2. The van der Waals surface area contributed by atoms with Crippen molar-refractivity contribution in [3.05, 3.63) is 118 Å². The minimum atomic E-state index is 1.36. The monoisotopic (exact) mass is 688 g/mol. The summed E-state index contributed by atoms with van der Waals surface area (Å²) in [5, 5.41) is 4.27. The molecule has 0 unspecified atom stereocenters. The van der Waals surface area contributed by atoms with Gasteiger partial charge in [-0.05, 0) is 110 Å². The van der Waals surface area contributed by atoms with Gasteiger partial charge >= 0.3 is 0 Å². The smallest absolute Gasteiger partial charge is 0.0449 e. The molecule has 0 spiro atoms. The van der Waals surface area contributed by atoms with Crippen molar-refractivity contribution in [2.75, 3.05) is 0 Å². The van der Waals surface area contributed by atoms with Crippen LogP contribution in [0.5, 0.6) is 0 Å². The van der Waals surface area contributed by atoms with E-state index in [0.717, 1.165) is 0 Å². The van der Waals surface area contributed by atoms with E-state index in [1.165, 1.54) is 68.3 Å². The van der Waals surface area contributed by atoms with Gasteiger partial charge < -0.3 is 0 Å². The molecule has 0 fully saturated rings. The molecule has 208 valence electrons. The first-order valence-electron chi connectivity index (χ1n) is 13.2. The highest BCUT2D eigenvalue weighted by Crippen LogP contribution is 2.44. The summed E-state index contributed by atoms with van der Waals surface area (Å²) in [4.78, 5) is 19.1. The number of thiophene rings is 8. The van der Waals surface area contributed by atoms with Crippen LogP contribution in [0.15, 0.2) is 108 Å². The molecule has 0 bridgehead atoms. The molecule has 42 heavy (non-hydrogen) atoms. The van der Waals surface area contributed by atoms with Crippen molar-refractivity contribution in [1.29, 1.82) is 0 Å². The molecular weight excluding hydrogens is 665 g/mol. The molecule has 0 aliphatic carbocycles. The van der Waals surface area contributed by atoms with Crippen molar-refractivity contribution in [1.82, 2.24) is 0 Å². The van der Waals surface area contributed by atoms with Crippen LogP contribution in [0.3, 0.4) is 0 Å². The second kappa shape index (κ2) is 12.7. The minimum absolute atomic E-state index is 1.36. The van der Waals surface area contributed by atoms with Gasteiger partial charge in [0.2, 0.25) is 0 Å². The molecule has 0 aromatic carbocycles. The summed E-state index contributed by atoms with van der Waals surface area (Å²) in [6.07, 6.45) is 0. The van der Waals surface area contributed by atoms with Gasteiger partial charge in [-0.25, -0.2) is 0 Å². The lowest BCUT2D eigenvalue weighted by atomic mass is 10.3. The maximum atomic E-state index is 2.25. The van der Waals surface area contributed by atoms with E-state index >= 15 is 0 Å². The Labute approximate surface area is 278 Å². The van der Waals surface area contributed by atoms with Crippen molar-refractivity contribution in [2.45, 2.75) is 13.8 Å². The molecule has 0 saturated carbocycles. The lowest BCUT2D eigenvalue weighted by Gasteiger charge is -1.91. The second-order valence-corrected chi connectivity index (χ2v) is 18.2. The lowest BCUT2D eigenvalue weighted by Crippen LogP contribution is -1.58. The first-order valence-corrected chi connectivity index (χ1v) is 19.9. The molecule has 8 heterocycles. The Morgan fingerprint density at radius 1 is 0.286 bits per heavy atom. The topological polar surface area (TPSA) is 0 Å². The standard InChI is InChI=1S/C18H14S4.C16H10S4/c1-11-3-5-13(19-11)15-7-9-17(21-15)18-10-8-16(22-18)14-6-4-12(2)20-14;1-3-11(17-9-1)13-5-7-15(19-13)16-8-6-14(20-16)12-4-2-10-18-12/h3-10H,1-2H3;1-10H. The fourth-order valence-corrected chi connectivity index (χ4v) is 12.2. The third-order valence-electron chi connectivity index (χ3n) is 6.40. The van der Waals surface area contributed by atoms with E-state index in [0.29, 0.717) is 0 Å². The Morgan fingerprint density at radius 3 is 0.786 bits per heavy atom. The van der Waals surface area contributed by atoms with Crippen LogP contribution in [0.2, 0.25) is 0 Å². The first kappa shape index (κ1) is 28.4. The molecule has 0 amide bonds. The van der Waals surface area contributed by atoms with E-state index in [4.69, 9.17) is 0 Å². The van der Waals surface area contributed by atoms with Gasteiger partial charge in [0, 0.05) is 68.3 Å². The van der Waals surface area contributed by atoms with Crippen LogP contribution < -0.4 is 0 Å². The maximum Gasteiger partial charge on any atom is 0.0449 e. The summed E-state index contributed by atoms with van der Waals surface area (Å²) in [6.45, 7) is 4.33. The second-order valence-electron chi connectivity index (χ2n) is 9.43. The number of hydrogen-bond acceptors (Lipinski definition) is 8. The van der Waals surface area contributed by atoms with E-state index in [1.54, 1.807) is 22.7 Å². The Balaban J connectivity index is 0.000000138. The van der Waals surface area contributed by atoms with Crippen LogP contribution in [0.1, 0.15) is 9.75 Å². The van der Waals surface area contributed by atoms with Crippen molar-refractivity contribution >= 4 is 90.7 Å². The van der Waals surface area contributed by atoms with Gasteiger partial charge in [0.25, 0.3) is 0 Å². The van der Waals surface area contributed by atoms with Crippen molar-refractivity contribution in [3.8, 4) is 58.5 Å². The predicted octanol–water partition coefficient (Wildman–Crippen LogP) is 14.5. The summed E-state index contributed by atoms with van der Waals surface area (Å²) in [6, 6.07) is 35.4. The SMILES string of the molecule is Cc1ccc(-c2ccc(-c3ccc(-c4ccc(C)s4)s3)s2)s1.c1csc(-c2ccc(-c3ccc(-c4cccs4)s3)s2)c1. The molecule has 0 N–H and O–H groups in total. The Kier molecular flexibility index (Phi) is 8.57. The summed E-state index contributed by atoms with van der Waals surface area (Å²) < 4.78 is 0. The average molecular weight is 689 g/mol. The molecule has 8 rings (SSSR count). The van der Waals surface area contributed by atoms with Crippen LogP contribution in [-0.4, -0.2) is 0 Å². The highest BCUT2D eigenvalue weighted by atomic mass is 32.1. The Hall–Kier alpha value is -2.40. The van der Waals surface area contributed by atoms with Gasteiger partial charge in [-0.2, -0.15) is 0 Å². The highest BCUT2D eigenvalue weighted by Gasteiger charge is 2.11. The molecule has 0 saturated heterocycles. The molecule has 0 nitrogen and oxygen atoms in total. The number of rotatable bonds is 6. The third-order valence-corrected chi connectivity index (χ3v) is 15.7. The van der Waals surface area contributed by atoms with E-state index in [-0.39, 0.29) is 0 Å². The molecule has 0 radical (unpaired) electrons. The lowest BCUT2D eigenvalue weighted by molar-refractivity contribution is 1.64. The molecule has 8 aromatic heterocycles. The molecule has 0 aliphatic heterocycles. The third kappa shape index (κ3) is 6.27. The molecule has 8 heteroatoms. The van der Waals surface area contributed by atoms with Crippen LogP contribution in [0.4, 0.5) is 0 Å². The van der Waals surface area contributed by atoms with Gasteiger partial charge in [-0.15, -0.1) is 90.7 Å². The number of aryl methyl sites for hydroxylation is 2. The van der Waals surface area contributed by atoms with Crippen molar-refractivity contribution in [2.24, 2.45) is 0 Å². The normalized spacial score (nSPS) is 11.1. The van der Waals surface area contributed by atoms with Crippen molar-refractivity contribution in [3.63, 3.8) is 0 Å². The molecule has 8 aromatic rings. The molecule has 0 atom stereocenters. The highest BCUT2D eigenvalue weighted by molar-refractivity contribution is 7.29. The predicted molar refractivity (Wildman–Crippen MR) is 198 cm³/mol. The van der Waals surface area contributed by atoms with Gasteiger partial charge in [-0.1, -0.05) is 12.1 Å². The van der Waals surface area contributed by atoms with E-state index < -0.39 is 0 Å². The fraction of sp³-hybridized carbons (Fsp3) is 0.0588. The zero-order chi connectivity index (χ0) is 28.5. The van der Waals surface area contributed by atoms with E-state index in [1.807, 2.05) is 68.0 Å². The summed E-state index contributed by atoms with van der Waals surface area (Å²) >= 11 is 14.9.